The third-order valence-corrected chi connectivity index (χ3v) is 13.5. The van der Waals surface area contributed by atoms with Gasteiger partial charge in [0.2, 0.25) is 0 Å². The number of rotatable bonds is 12. The molecule has 0 saturated heterocycles. The molecule has 0 aromatic carbocycles. The summed E-state index contributed by atoms with van der Waals surface area (Å²) in [6, 6.07) is 0. The van der Waals surface area contributed by atoms with E-state index in [9.17, 15) is 4.79 Å². The third-order valence-electron chi connectivity index (χ3n) is 9.02. The highest BCUT2D eigenvalue weighted by Crippen LogP contribution is 2.52. The second-order valence-electron chi connectivity index (χ2n) is 12.9. The maximum Gasteiger partial charge on any atom is 0.335 e. The molecule has 0 aromatic rings. The fraction of sp³-hybridized carbons (Fsp3) is 0.828. The molecule has 2 aliphatic rings. The van der Waals surface area contributed by atoms with E-state index in [1.807, 2.05) is 0 Å². The van der Waals surface area contributed by atoms with Gasteiger partial charge in [0.05, 0.1) is 19.3 Å². The highest BCUT2D eigenvalue weighted by molar-refractivity contribution is 6.74. The van der Waals surface area contributed by atoms with Gasteiger partial charge < -0.3 is 18.6 Å². The largest absolute Gasteiger partial charge is 0.466 e. The number of hydrogen-bond donors (Lipinski definition) is 0. The van der Waals surface area contributed by atoms with Gasteiger partial charge in [-0.2, -0.15) is 0 Å². The van der Waals surface area contributed by atoms with Gasteiger partial charge in [-0.05, 0) is 66.1 Å². The SMILES string of the molecule is COCOC[C@@]1(C[C@H]2[C@H]([C@@H](C)CO[Si](C)(C)C(C)(C)C)CC[C@H]2C)C=CC(C(C)C)=C1C(=O)OC. The fourth-order valence-electron chi connectivity index (χ4n) is 5.73. The van der Waals surface area contributed by atoms with Crippen molar-refractivity contribution in [1.82, 2.24) is 0 Å². The minimum atomic E-state index is -1.80. The van der Waals surface area contributed by atoms with Crippen LogP contribution in [0.4, 0.5) is 0 Å². The Labute approximate surface area is 216 Å². The lowest BCUT2D eigenvalue weighted by atomic mass is 9.68. The topological polar surface area (TPSA) is 54.0 Å². The first-order chi connectivity index (χ1) is 16.2. The normalized spacial score (nSPS) is 28.3. The van der Waals surface area contributed by atoms with Crippen LogP contribution < -0.4 is 0 Å². The van der Waals surface area contributed by atoms with Crippen molar-refractivity contribution in [2.24, 2.45) is 35.0 Å². The summed E-state index contributed by atoms with van der Waals surface area (Å²) >= 11 is 0. The molecule has 0 aliphatic heterocycles. The summed E-state index contributed by atoms with van der Waals surface area (Å²) in [5, 5.41) is 0.208. The molecule has 0 aromatic heterocycles. The van der Waals surface area contributed by atoms with Gasteiger partial charge >= 0.3 is 5.97 Å². The monoisotopic (exact) mass is 508 g/mol. The second kappa shape index (κ2) is 12.1. The highest BCUT2D eigenvalue weighted by atomic mass is 28.4. The minimum Gasteiger partial charge on any atom is -0.466 e. The maximum atomic E-state index is 13.1. The first-order valence-electron chi connectivity index (χ1n) is 13.4. The van der Waals surface area contributed by atoms with Crippen LogP contribution in [0.15, 0.2) is 23.3 Å². The molecule has 0 bridgehead atoms. The Morgan fingerprint density at radius 1 is 1.17 bits per heavy atom. The van der Waals surface area contributed by atoms with E-state index in [1.54, 1.807) is 7.11 Å². The van der Waals surface area contributed by atoms with Crippen molar-refractivity contribution in [3.05, 3.63) is 23.3 Å². The minimum absolute atomic E-state index is 0.208. The molecule has 0 heterocycles. The van der Waals surface area contributed by atoms with E-state index < -0.39 is 13.7 Å². The van der Waals surface area contributed by atoms with Gasteiger partial charge in [-0.25, -0.2) is 4.79 Å². The van der Waals surface area contributed by atoms with Crippen LogP contribution in [0.3, 0.4) is 0 Å². The van der Waals surface area contributed by atoms with Crippen molar-refractivity contribution in [3.63, 3.8) is 0 Å². The predicted octanol–water partition coefficient (Wildman–Crippen LogP) is 7.00. The molecule has 1 fully saturated rings. The molecular formula is C29H52O5Si. The number of hydrogen-bond acceptors (Lipinski definition) is 5. The van der Waals surface area contributed by atoms with E-state index in [-0.39, 0.29) is 23.7 Å². The zero-order chi connectivity index (χ0) is 26.6. The Morgan fingerprint density at radius 3 is 2.37 bits per heavy atom. The van der Waals surface area contributed by atoms with E-state index in [1.165, 1.54) is 20.0 Å². The number of esters is 1. The molecule has 1 saturated carbocycles. The molecule has 0 unspecified atom stereocenters. The van der Waals surface area contributed by atoms with Gasteiger partial charge in [-0.3, -0.25) is 0 Å². The summed E-state index contributed by atoms with van der Waals surface area (Å²) in [4.78, 5) is 13.1. The van der Waals surface area contributed by atoms with E-state index in [0.717, 1.165) is 24.2 Å². The van der Waals surface area contributed by atoms with E-state index in [2.05, 4.69) is 73.7 Å². The average molecular weight is 509 g/mol. The number of ether oxygens (including phenoxy) is 3. The molecule has 0 amide bonds. The van der Waals surface area contributed by atoms with Crippen molar-refractivity contribution in [2.45, 2.75) is 85.9 Å². The Kier molecular flexibility index (Phi) is 10.4. The maximum absolute atomic E-state index is 13.1. The number of carbonyl (C=O) groups excluding carboxylic acids is 1. The molecule has 5 nitrogen and oxygen atoms in total. The van der Waals surface area contributed by atoms with Gasteiger partial charge in [0, 0.05) is 19.1 Å². The Hall–Kier alpha value is -0.953. The summed E-state index contributed by atoms with van der Waals surface area (Å²) < 4.78 is 23.1. The molecule has 0 radical (unpaired) electrons. The zero-order valence-electron chi connectivity index (χ0n) is 24.3. The van der Waals surface area contributed by atoms with Crippen LogP contribution in [0, 0.1) is 35.0 Å². The summed E-state index contributed by atoms with van der Waals surface area (Å²) in [5.41, 5.74) is 1.34. The molecule has 0 spiro atoms. The first-order valence-corrected chi connectivity index (χ1v) is 16.3. The summed E-state index contributed by atoms with van der Waals surface area (Å²) in [6.45, 7) is 22.0. The third kappa shape index (κ3) is 6.88. The van der Waals surface area contributed by atoms with E-state index >= 15 is 0 Å². The van der Waals surface area contributed by atoms with E-state index in [0.29, 0.717) is 30.3 Å². The van der Waals surface area contributed by atoms with Crippen molar-refractivity contribution in [3.8, 4) is 0 Å². The van der Waals surface area contributed by atoms with Gasteiger partial charge in [-0.15, -0.1) is 0 Å². The second-order valence-corrected chi connectivity index (χ2v) is 17.7. The molecule has 2 rings (SSSR count). The average Bonchev–Trinajstić information content (AvgIpc) is 3.32. The Balaban J connectivity index is 2.34. The smallest absolute Gasteiger partial charge is 0.335 e. The predicted molar refractivity (Wildman–Crippen MR) is 146 cm³/mol. The van der Waals surface area contributed by atoms with Gasteiger partial charge in [0.15, 0.2) is 8.32 Å². The standard InChI is InChI=1S/C29H52O5Si/c1-20(2)23-14-15-29(18-33-19-31-8,26(23)27(30)32-9)16-25-21(3)12-13-24(25)22(4)17-34-35(10,11)28(5,6)7/h14-15,20-22,24-25H,12-13,16-19H2,1-11H3/t21-,22+,24+,25-,29+/m1/s1. The van der Waals surface area contributed by atoms with Gasteiger partial charge in [0.25, 0.3) is 0 Å². The van der Waals surface area contributed by atoms with Crippen molar-refractivity contribution in [2.75, 3.05) is 34.2 Å². The van der Waals surface area contributed by atoms with Crippen LogP contribution in [0.1, 0.15) is 67.7 Å². The van der Waals surface area contributed by atoms with Crippen LogP contribution >= 0.6 is 0 Å². The highest BCUT2D eigenvalue weighted by Gasteiger charge is 2.48. The molecular weight excluding hydrogens is 456 g/mol. The van der Waals surface area contributed by atoms with Crippen LogP contribution in [-0.2, 0) is 23.4 Å². The molecule has 5 atom stereocenters. The van der Waals surface area contributed by atoms with Gasteiger partial charge in [-0.1, -0.05) is 67.0 Å². The molecule has 35 heavy (non-hydrogen) atoms. The summed E-state index contributed by atoms with van der Waals surface area (Å²) in [5.74, 6) is 2.09. The number of methoxy groups -OCH3 is 2. The number of carbonyl (C=O) groups is 1. The number of allylic oxidation sites excluding steroid dienone is 2. The van der Waals surface area contributed by atoms with Crippen LogP contribution in [0.5, 0.6) is 0 Å². The van der Waals surface area contributed by atoms with Crippen LogP contribution in [-0.4, -0.2) is 48.5 Å². The van der Waals surface area contributed by atoms with E-state index in [4.69, 9.17) is 18.6 Å². The summed E-state index contributed by atoms with van der Waals surface area (Å²) in [7, 11) is 1.32. The lowest BCUT2D eigenvalue weighted by Crippen LogP contribution is -2.43. The van der Waals surface area contributed by atoms with Crippen LogP contribution in [0.25, 0.3) is 0 Å². The molecule has 6 heteroatoms. The lowest BCUT2D eigenvalue weighted by molar-refractivity contribution is -0.138. The quantitative estimate of drug-likeness (QED) is 0.123. The fourth-order valence-corrected chi connectivity index (χ4v) is 6.84. The van der Waals surface area contributed by atoms with Crippen molar-refractivity contribution >= 4 is 14.3 Å². The molecule has 0 N–H and O–H groups in total. The molecule has 202 valence electrons. The Bertz CT molecular complexity index is 778. The van der Waals surface area contributed by atoms with Crippen LogP contribution in [0.2, 0.25) is 18.1 Å². The van der Waals surface area contributed by atoms with Crippen molar-refractivity contribution in [1.29, 1.82) is 0 Å². The lowest BCUT2D eigenvalue weighted by Gasteiger charge is -2.40. The summed E-state index contributed by atoms with van der Waals surface area (Å²) in [6.07, 6.45) is 7.65. The van der Waals surface area contributed by atoms with Gasteiger partial charge in [0.1, 0.15) is 6.79 Å². The first kappa shape index (κ1) is 30.3. The van der Waals surface area contributed by atoms with Crippen molar-refractivity contribution < 1.29 is 23.4 Å². The zero-order valence-corrected chi connectivity index (χ0v) is 25.3. The molecule has 2 aliphatic carbocycles. The Morgan fingerprint density at radius 2 is 1.83 bits per heavy atom.